The lowest BCUT2D eigenvalue weighted by molar-refractivity contribution is -0.115. The summed E-state index contributed by atoms with van der Waals surface area (Å²) in [5, 5.41) is 11.0. The number of nitriles is 1. The van der Waals surface area contributed by atoms with E-state index in [1.165, 1.54) is 0 Å². The van der Waals surface area contributed by atoms with Gasteiger partial charge < -0.3 is 5.32 Å². The molecule has 1 N–H and O–H groups in total. The average molecular weight is 178 g/mol. The minimum atomic E-state index is -0.438. The van der Waals surface area contributed by atoms with Crippen LogP contribution in [0, 0.1) is 11.3 Å². The molecule has 0 saturated heterocycles. The van der Waals surface area contributed by atoms with E-state index in [1.807, 2.05) is 0 Å². The van der Waals surface area contributed by atoms with Crippen molar-refractivity contribution in [2.24, 2.45) is 0 Å². The quantitative estimate of drug-likeness (QED) is 0.441. The Balaban J connectivity index is 3.29. The standard InChI is InChI=1S/C8H6N2OS/c1-4-5(2)8(12)10-7(11)6(4)3-9/h2H2,1H3,(H,10,11,12). The second kappa shape index (κ2) is 2.88. The van der Waals surface area contributed by atoms with Crippen molar-refractivity contribution in [3.8, 4) is 6.07 Å². The number of thiocarbonyl (C=S) groups is 1. The van der Waals surface area contributed by atoms with Crippen LogP contribution in [0.3, 0.4) is 0 Å². The first-order valence-electron chi connectivity index (χ1n) is 3.24. The second-order valence-electron chi connectivity index (χ2n) is 2.37. The second-order valence-corrected chi connectivity index (χ2v) is 2.78. The maximum Gasteiger partial charge on any atom is 0.267 e. The molecule has 0 spiro atoms. The van der Waals surface area contributed by atoms with Gasteiger partial charge in [-0.15, -0.1) is 0 Å². The summed E-state index contributed by atoms with van der Waals surface area (Å²) in [6.07, 6.45) is 0. The molecule has 0 atom stereocenters. The Kier molecular flexibility index (Phi) is 2.07. The van der Waals surface area contributed by atoms with Crippen LogP contribution in [0.5, 0.6) is 0 Å². The lowest BCUT2D eigenvalue weighted by atomic mass is 9.99. The van der Waals surface area contributed by atoms with Crippen LogP contribution >= 0.6 is 12.2 Å². The molecular weight excluding hydrogens is 172 g/mol. The minimum Gasteiger partial charge on any atom is -0.312 e. The van der Waals surface area contributed by atoms with Crippen molar-refractivity contribution in [3.05, 3.63) is 23.3 Å². The smallest absolute Gasteiger partial charge is 0.267 e. The molecule has 0 aliphatic carbocycles. The largest absolute Gasteiger partial charge is 0.312 e. The number of rotatable bonds is 0. The molecule has 1 aliphatic heterocycles. The van der Waals surface area contributed by atoms with E-state index in [9.17, 15) is 4.79 Å². The fraction of sp³-hybridized carbons (Fsp3) is 0.125. The van der Waals surface area contributed by atoms with E-state index in [0.717, 1.165) is 0 Å². The number of nitrogens with zero attached hydrogens (tertiary/aromatic N) is 1. The fourth-order valence-electron chi connectivity index (χ4n) is 0.867. The van der Waals surface area contributed by atoms with Gasteiger partial charge in [0.15, 0.2) is 0 Å². The Morgan fingerprint density at radius 2 is 2.25 bits per heavy atom. The molecule has 1 heterocycles. The molecule has 60 valence electrons. The zero-order chi connectivity index (χ0) is 9.30. The summed E-state index contributed by atoms with van der Waals surface area (Å²) in [4.78, 5) is 11.4. The highest BCUT2D eigenvalue weighted by Gasteiger charge is 2.23. The third kappa shape index (κ3) is 1.15. The van der Waals surface area contributed by atoms with Gasteiger partial charge in [0.1, 0.15) is 16.6 Å². The van der Waals surface area contributed by atoms with Crippen LogP contribution in [0.2, 0.25) is 0 Å². The molecule has 0 aromatic rings. The number of amides is 1. The van der Waals surface area contributed by atoms with E-state index in [1.54, 1.807) is 13.0 Å². The SMILES string of the molecule is C=C1C(=S)NC(=O)C(C#N)=C1C. The van der Waals surface area contributed by atoms with Gasteiger partial charge in [0.25, 0.3) is 5.91 Å². The Morgan fingerprint density at radius 3 is 2.75 bits per heavy atom. The molecule has 0 unspecified atom stereocenters. The van der Waals surface area contributed by atoms with Gasteiger partial charge in [-0.3, -0.25) is 4.79 Å². The summed E-state index contributed by atoms with van der Waals surface area (Å²) in [7, 11) is 0. The number of nitrogens with one attached hydrogen (secondary N) is 1. The Bertz CT molecular complexity index is 360. The average Bonchev–Trinajstić information content (AvgIpc) is 2.01. The van der Waals surface area contributed by atoms with Gasteiger partial charge in [-0.05, 0) is 12.5 Å². The van der Waals surface area contributed by atoms with Crippen LogP contribution in [0.25, 0.3) is 0 Å². The van der Waals surface area contributed by atoms with E-state index in [4.69, 9.17) is 17.5 Å². The number of hydrogen-bond donors (Lipinski definition) is 1. The van der Waals surface area contributed by atoms with Crippen LogP contribution in [0.1, 0.15) is 6.92 Å². The molecule has 0 aromatic carbocycles. The summed E-state index contributed by atoms with van der Waals surface area (Å²) in [5.74, 6) is -0.438. The highest BCUT2D eigenvalue weighted by Crippen LogP contribution is 2.17. The summed E-state index contributed by atoms with van der Waals surface area (Å²) in [5.41, 5.74) is 1.20. The van der Waals surface area contributed by atoms with Crippen molar-refractivity contribution in [2.75, 3.05) is 0 Å². The lowest BCUT2D eigenvalue weighted by Gasteiger charge is -2.16. The normalized spacial score (nSPS) is 17.5. The summed E-state index contributed by atoms with van der Waals surface area (Å²) in [6, 6.07) is 1.80. The van der Waals surface area contributed by atoms with Gasteiger partial charge >= 0.3 is 0 Å². The molecule has 12 heavy (non-hydrogen) atoms. The monoisotopic (exact) mass is 178 g/mol. The highest BCUT2D eigenvalue weighted by molar-refractivity contribution is 7.80. The number of hydrogen-bond acceptors (Lipinski definition) is 3. The summed E-state index contributed by atoms with van der Waals surface area (Å²) in [6.45, 7) is 5.30. The van der Waals surface area contributed by atoms with Gasteiger partial charge in [-0.2, -0.15) is 5.26 Å². The van der Waals surface area contributed by atoms with Gasteiger partial charge in [-0.25, -0.2) is 0 Å². The van der Waals surface area contributed by atoms with Crippen molar-refractivity contribution in [1.82, 2.24) is 5.32 Å². The molecule has 0 saturated carbocycles. The predicted octanol–water partition coefficient (Wildman–Crippen LogP) is 0.840. The fourth-order valence-corrected chi connectivity index (χ4v) is 1.11. The molecule has 1 amide bonds. The molecule has 3 nitrogen and oxygen atoms in total. The highest BCUT2D eigenvalue weighted by atomic mass is 32.1. The molecule has 0 fully saturated rings. The van der Waals surface area contributed by atoms with Crippen molar-refractivity contribution < 1.29 is 4.79 Å². The van der Waals surface area contributed by atoms with Gasteiger partial charge in [0, 0.05) is 5.57 Å². The van der Waals surface area contributed by atoms with Crippen LogP contribution in [-0.2, 0) is 4.79 Å². The van der Waals surface area contributed by atoms with Crippen LogP contribution < -0.4 is 5.32 Å². The van der Waals surface area contributed by atoms with Crippen LogP contribution in [0.4, 0.5) is 0 Å². The predicted molar refractivity (Wildman–Crippen MR) is 48.2 cm³/mol. The van der Waals surface area contributed by atoms with Crippen molar-refractivity contribution >= 4 is 23.1 Å². The first kappa shape index (κ1) is 8.62. The van der Waals surface area contributed by atoms with E-state index < -0.39 is 5.91 Å². The minimum absolute atomic E-state index is 0.0913. The van der Waals surface area contributed by atoms with Gasteiger partial charge in [0.05, 0.1) is 0 Å². The Morgan fingerprint density at radius 1 is 1.67 bits per heavy atom. The van der Waals surface area contributed by atoms with Crippen molar-refractivity contribution in [1.29, 1.82) is 5.26 Å². The van der Waals surface area contributed by atoms with Crippen LogP contribution in [-0.4, -0.2) is 10.9 Å². The van der Waals surface area contributed by atoms with E-state index in [-0.39, 0.29) is 5.57 Å². The zero-order valence-electron chi connectivity index (χ0n) is 6.47. The maximum absolute atomic E-state index is 11.1. The first-order chi connectivity index (χ1) is 5.57. The maximum atomic E-state index is 11.1. The third-order valence-corrected chi connectivity index (χ3v) is 2.02. The molecule has 1 rings (SSSR count). The van der Waals surface area contributed by atoms with Gasteiger partial charge in [-0.1, -0.05) is 18.8 Å². The molecule has 1 aliphatic rings. The molecule has 0 radical (unpaired) electrons. The number of carbonyl (C=O) groups is 1. The van der Waals surface area contributed by atoms with Crippen LogP contribution in [0.15, 0.2) is 23.3 Å². The topological polar surface area (TPSA) is 52.9 Å². The Labute approximate surface area is 75.4 Å². The first-order valence-corrected chi connectivity index (χ1v) is 3.64. The van der Waals surface area contributed by atoms with Crippen molar-refractivity contribution in [2.45, 2.75) is 6.92 Å². The molecule has 4 heteroatoms. The van der Waals surface area contributed by atoms with Gasteiger partial charge in [0.2, 0.25) is 0 Å². The van der Waals surface area contributed by atoms with E-state index in [2.05, 4.69) is 11.9 Å². The molecule has 0 aromatic heterocycles. The number of carbonyl (C=O) groups excluding carboxylic acids is 1. The summed E-state index contributed by atoms with van der Waals surface area (Å²) < 4.78 is 0. The zero-order valence-corrected chi connectivity index (χ0v) is 7.29. The molecule has 0 bridgehead atoms. The third-order valence-electron chi connectivity index (χ3n) is 1.67. The lowest BCUT2D eigenvalue weighted by Crippen LogP contribution is -2.36. The molecular formula is C8H6N2OS. The Hall–Kier alpha value is -1.47. The summed E-state index contributed by atoms with van der Waals surface area (Å²) >= 11 is 4.81. The van der Waals surface area contributed by atoms with E-state index in [0.29, 0.717) is 16.1 Å². The van der Waals surface area contributed by atoms with E-state index >= 15 is 0 Å². The van der Waals surface area contributed by atoms with Crippen molar-refractivity contribution in [3.63, 3.8) is 0 Å².